The maximum absolute atomic E-state index is 10.1. The Bertz CT molecular complexity index is 396. The van der Waals surface area contributed by atoms with Crippen LogP contribution in [0.25, 0.3) is 0 Å². The van der Waals surface area contributed by atoms with Gasteiger partial charge in [0.1, 0.15) is 0 Å². The van der Waals surface area contributed by atoms with Crippen LogP contribution in [0.4, 0.5) is 0 Å². The van der Waals surface area contributed by atoms with Crippen molar-refractivity contribution in [2.75, 3.05) is 20.8 Å². The minimum Gasteiger partial charge on any atom is -0.467 e. The first kappa shape index (κ1) is 12.2. The Morgan fingerprint density at radius 2 is 2.00 bits per heavy atom. The van der Waals surface area contributed by atoms with Crippen LogP contribution in [0.3, 0.4) is 0 Å². The van der Waals surface area contributed by atoms with Gasteiger partial charge in [0, 0.05) is 26.6 Å². The number of rotatable bonds is 3. The van der Waals surface area contributed by atoms with E-state index in [0.29, 0.717) is 0 Å². The fraction of sp³-hybridized carbons (Fsp3) is 0.600. The first-order valence-electron chi connectivity index (χ1n) is 5.07. The van der Waals surface area contributed by atoms with Crippen LogP contribution in [0.1, 0.15) is 5.69 Å². The molecule has 1 aliphatic rings. The third kappa shape index (κ3) is 1.67. The summed E-state index contributed by atoms with van der Waals surface area (Å²) in [4.78, 5) is 8.03. The number of nitrogens with zero attached hydrogens (tertiary/aromatic N) is 2. The molecule has 0 bridgehead atoms. The molecule has 7 heteroatoms. The molecular formula is C10H14N2O5. The Hall–Kier alpha value is -1.28. The van der Waals surface area contributed by atoms with E-state index in [9.17, 15) is 5.11 Å². The van der Waals surface area contributed by atoms with Gasteiger partial charge >= 0.3 is 0 Å². The number of ether oxygens (including phenoxy) is 3. The number of aliphatic hydroxyl groups is 2. The predicted molar refractivity (Wildman–Crippen MR) is 55.2 cm³/mol. The Morgan fingerprint density at radius 3 is 2.59 bits per heavy atom. The minimum absolute atomic E-state index is 0.181. The maximum Gasteiger partial charge on any atom is 0.248 e. The molecule has 2 N–H and O–H groups in total. The van der Waals surface area contributed by atoms with Crippen molar-refractivity contribution >= 4 is 0 Å². The lowest BCUT2D eigenvalue weighted by Gasteiger charge is -2.41. The van der Waals surface area contributed by atoms with E-state index in [1.54, 1.807) is 0 Å². The Balaban J connectivity index is 2.55. The third-order valence-corrected chi connectivity index (χ3v) is 2.79. The number of fused-ring (bicyclic) bond motifs is 1. The molecule has 0 unspecified atom stereocenters. The number of aliphatic hydroxyl groups excluding tert-OH is 2. The van der Waals surface area contributed by atoms with Gasteiger partial charge in [-0.2, -0.15) is 0 Å². The molecule has 2 rings (SSSR count). The Morgan fingerprint density at radius 1 is 1.35 bits per heavy atom. The number of hydrogen-bond donors (Lipinski definition) is 2. The topological polar surface area (TPSA) is 93.9 Å². The van der Waals surface area contributed by atoms with Crippen molar-refractivity contribution in [1.29, 1.82) is 0 Å². The first-order chi connectivity index (χ1) is 8.19. The van der Waals surface area contributed by atoms with Gasteiger partial charge < -0.3 is 24.4 Å². The van der Waals surface area contributed by atoms with E-state index in [1.807, 2.05) is 0 Å². The second kappa shape index (κ2) is 4.53. The molecule has 1 aromatic heterocycles. The molecule has 0 fully saturated rings. The van der Waals surface area contributed by atoms with Crippen LogP contribution in [0.15, 0.2) is 12.4 Å². The highest BCUT2D eigenvalue weighted by Gasteiger charge is 2.53. The fourth-order valence-electron chi connectivity index (χ4n) is 1.90. The van der Waals surface area contributed by atoms with Crippen molar-refractivity contribution in [3.05, 3.63) is 18.1 Å². The summed E-state index contributed by atoms with van der Waals surface area (Å²) in [6, 6.07) is 0. The van der Waals surface area contributed by atoms with Crippen molar-refractivity contribution in [3.8, 4) is 5.88 Å². The lowest BCUT2D eigenvalue weighted by molar-refractivity contribution is -0.298. The van der Waals surface area contributed by atoms with E-state index in [0.717, 1.165) is 0 Å². The zero-order chi connectivity index (χ0) is 12.5. The van der Waals surface area contributed by atoms with Gasteiger partial charge in [-0.3, -0.25) is 0 Å². The molecule has 0 aliphatic carbocycles. The summed E-state index contributed by atoms with van der Waals surface area (Å²) in [7, 11) is 2.76. The molecule has 0 spiro atoms. The summed E-state index contributed by atoms with van der Waals surface area (Å²) in [5, 5.41) is 19.3. The van der Waals surface area contributed by atoms with E-state index in [-0.39, 0.29) is 18.2 Å². The summed E-state index contributed by atoms with van der Waals surface area (Å²) in [5.41, 5.74) is 0.252. The second-order valence-electron chi connectivity index (χ2n) is 3.57. The molecule has 2 atom stereocenters. The van der Waals surface area contributed by atoms with Crippen LogP contribution >= 0.6 is 0 Å². The number of methoxy groups -OCH3 is 2. The number of hydrogen-bond acceptors (Lipinski definition) is 7. The smallest absolute Gasteiger partial charge is 0.248 e. The van der Waals surface area contributed by atoms with Crippen LogP contribution in [0.5, 0.6) is 5.88 Å². The molecule has 94 valence electrons. The Labute approximate surface area is 98.0 Å². The standard InChI is InChI=1S/C10H14N2O5/c1-15-10(16-2)7-9(12-4-3-11-7)17-6(5-13)8(10)14/h3-4,6,8,13-14H,5H2,1-2H3/t6-,8+/m1/s1. The number of aromatic nitrogens is 2. The van der Waals surface area contributed by atoms with Gasteiger partial charge in [0.15, 0.2) is 17.9 Å². The minimum atomic E-state index is -1.48. The SMILES string of the molecule is COC1(OC)c2nccnc2O[C@H](CO)[C@@H]1O. The van der Waals surface area contributed by atoms with Crippen molar-refractivity contribution in [1.82, 2.24) is 9.97 Å². The van der Waals surface area contributed by atoms with E-state index in [1.165, 1.54) is 26.6 Å². The van der Waals surface area contributed by atoms with Crippen molar-refractivity contribution in [3.63, 3.8) is 0 Å². The van der Waals surface area contributed by atoms with Gasteiger partial charge in [-0.05, 0) is 0 Å². The van der Waals surface area contributed by atoms with Gasteiger partial charge in [0.05, 0.1) is 6.61 Å². The molecule has 0 saturated carbocycles. The highest BCUT2D eigenvalue weighted by atomic mass is 16.7. The molecular weight excluding hydrogens is 228 g/mol. The van der Waals surface area contributed by atoms with Crippen molar-refractivity contribution < 1.29 is 24.4 Å². The van der Waals surface area contributed by atoms with Gasteiger partial charge in [-0.1, -0.05) is 0 Å². The van der Waals surface area contributed by atoms with Gasteiger partial charge in [-0.15, -0.1) is 0 Å². The van der Waals surface area contributed by atoms with Crippen molar-refractivity contribution in [2.45, 2.75) is 18.0 Å². The van der Waals surface area contributed by atoms with E-state index >= 15 is 0 Å². The van der Waals surface area contributed by atoms with E-state index in [2.05, 4.69) is 9.97 Å². The maximum atomic E-state index is 10.1. The average molecular weight is 242 g/mol. The van der Waals surface area contributed by atoms with Crippen LogP contribution in [0, 0.1) is 0 Å². The first-order valence-corrected chi connectivity index (χ1v) is 5.07. The molecule has 0 saturated heterocycles. The predicted octanol–water partition coefficient (Wildman–Crippen LogP) is -0.964. The third-order valence-electron chi connectivity index (χ3n) is 2.79. The summed E-state index contributed by atoms with van der Waals surface area (Å²) in [6.45, 7) is -0.383. The van der Waals surface area contributed by atoms with Crippen LogP contribution in [-0.2, 0) is 15.3 Å². The lowest BCUT2D eigenvalue weighted by atomic mass is 9.98. The molecule has 0 amide bonds. The quantitative estimate of drug-likeness (QED) is 0.659. The van der Waals surface area contributed by atoms with Gasteiger partial charge in [-0.25, -0.2) is 9.97 Å². The molecule has 0 aromatic carbocycles. The average Bonchev–Trinajstić information content (AvgIpc) is 2.39. The van der Waals surface area contributed by atoms with Gasteiger partial charge in [0.2, 0.25) is 11.7 Å². The molecule has 7 nitrogen and oxygen atoms in total. The van der Waals surface area contributed by atoms with Crippen LogP contribution in [-0.4, -0.2) is 53.2 Å². The fourth-order valence-corrected chi connectivity index (χ4v) is 1.90. The summed E-state index contributed by atoms with van der Waals surface area (Å²) < 4.78 is 15.8. The zero-order valence-electron chi connectivity index (χ0n) is 9.53. The monoisotopic (exact) mass is 242 g/mol. The highest BCUT2D eigenvalue weighted by molar-refractivity contribution is 5.28. The molecule has 2 heterocycles. The van der Waals surface area contributed by atoms with Gasteiger partial charge in [0.25, 0.3) is 0 Å². The normalized spacial score (nSPS) is 26.1. The highest BCUT2D eigenvalue weighted by Crippen LogP contribution is 2.39. The van der Waals surface area contributed by atoms with Crippen LogP contribution in [0.2, 0.25) is 0 Å². The second-order valence-corrected chi connectivity index (χ2v) is 3.57. The van der Waals surface area contributed by atoms with Crippen molar-refractivity contribution in [2.24, 2.45) is 0 Å². The summed E-state index contributed by atoms with van der Waals surface area (Å²) in [5.74, 6) is -1.30. The molecule has 0 radical (unpaired) electrons. The van der Waals surface area contributed by atoms with E-state index in [4.69, 9.17) is 19.3 Å². The lowest BCUT2D eigenvalue weighted by Crippen LogP contribution is -2.56. The zero-order valence-corrected chi connectivity index (χ0v) is 9.53. The Kier molecular flexibility index (Phi) is 3.25. The summed E-state index contributed by atoms with van der Waals surface area (Å²) in [6.07, 6.45) is 0.813. The summed E-state index contributed by atoms with van der Waals surface area (Å²) >= 11 is 0. The molecule has 17 heavy (non-hydrogen) atoms. The van der Waals surface area contributed by atoms with Crippen LogP contribution < -0.4 is 4.74 Å². The molecule has 1 aliphatic heterocycles. The molecule has 1 aromatic rings. The largest absolute Gasteiger partial charge is 0.467 e. The van der Waals surface area contributed by atoms with E-state index < -0.39 is 18.0 Å².